The van der Waals surface area contributed by atoms with E-state index in [2.05, 4.69) is 15.2 Å². The van der Waals surface area contributed by atoms with Gasteiger partial charge >= 0.3 is 0 Å². The van der Waals surface area contributed by atoms with Crippen LogP contribution in [0.25, 0.3) is 5.65 Å². The van der Waals surface area contributed by atoms with Crippen molar-refractivity contribution in [1.29, 1.82) is 0 Å². The van der Waals surface area contributed by atoms with Gasteiger partial charge in [-0.3, -0.25) is 14.1 Å². The monoisotopic (exact) mass is 350 g/mol. The van der Waals surface area contributed by atoms with Crippen molar-refractivity contribution in [2.75, 3.05) is 39.4 Å². The van der Waals surface area contributed by atoms with Crippen molar-refractivity contribution in [3.8, 4) is 0 Å². The van der Waals surface area contributed by atoms with Crippen molar-refractivity contribution in [2.45, 2.75) is 19.8 Å². The number of morpholine rings is 1. The molecule has 0 saturated carbocycles. The number of rotatable bonds is 6. The quantitative estimate of drug-likeness (QED) is 0.810. The molecule has 6 nitrogen and oxygen atoms in total. The van der Waals surface area contributed by atoms with E-state index in [1.807, 2.05) is 13.0 Å². The summed E-state index contributed by atoms with van der Waals surface area (Å²) in [5, 5.41) is 3.60. The van der Waals surface area contributed by atoms with Crippen LogP contribution in [0.5, 0.6) is 0 Å². The maximum atomic E-state index is 12.6. The summed E-state index contributed by atoms with van der Waals surface area (Å²) in [5.74, 6) is -0.0939. The summed E-state index contributed by atoms with van der Waals surface area (Å²) in [6.07, 6.45) is 3.37. The number of aryl methyl sites for hydroxylation is 1. The summed E-state index contributed by atoms with van der Waals surface area (Å²) in [5.41, 5.74) is 2.12. The van der Waals surface area contributed by atoms with E-state index in [0.717, 1.165) is 50.6 Å². The number of nitrogens with zero attached hydrogens (tertiary/aromatic N) is 3. The zero-order chi connectivity index (χ0) is 16.9. The minimum Gasteiger partial charge on any atom is -0.379 e. The van der Waals surface area contributed by atoms with Crippen LogP contribution < -0.4 is 5.32 Å². The molecule has 3 heterocycles. The number of carbonyl (C=O) groups excluding carboxylic acids is 1. The Hall–Kier alpha value is -1.63. The maximum absolute atomic E-state index is 12.6. The molecule has 0 spiro atoms. The van der Waals surface area contributed by atoms with Gasteiger partial charge in [0.25, 0.3) is 5.91 Å². The summed E-state index contributed by atoms with van der Waals surface area (Å²) in [7, 11) is 0. The number of hydrogen-bond donors (Lipinski definition) is 1. The fourth-order valence-corrected chi connectivity index (χ4v) is 3.13. The van der Waals surface area contributed by atoms with Gasteiger partial charge in [-0.15, -0.1) is 0 Å². The van der Waals surface area contributed by atoms with Gasteiger partial charge in [-0.25, -0.2) is 4.98 Å². The van der Waals surface area contributed by atoms with Crippen molar-refractivity contribution in [3.63, 3.8) is 0 Å². The van der Waals surface area contributed by atoms with E-state index in [-0.39, 0.29) is 5.91 Å². The summed E-state index contributed by atoms with van der Waals surface area (Å²) >= 11 is 6.06. The van der Waals surface area contributed by atoms with Gasteiger partial charge in [0, 0.05) is 25.8 Å². The van der Waals surface area contributed by atoms with Crippen LogP contribution >= 0.6 is 11.6 Å². The molecule has 0 atom stereocenters. The molecule has 1 aliphatic rings. The largest absolute Gasteiger partial charge is 0.379 e. The Labute approximate surface area is 146 Å². The van der Waals surface area contributed by atoms with Gasteiger partial charge in [0.2, 0.25) is 0 Å². The lowest BCUT2D eigenvalue weighted by molar-refractivity contribution is 0.0374. The molecule has 1 amide bonds. The average molecular weight is 351 g/mol. The molecule has 2 aromatic rings. The molecule has 24 heavy (non-hydrogen) atoms. The molecule has 0 unspecified atom stereocenters. The van der Waals surface area contributed by atoms with Crippen LogP contribution in [0.15, 0.2) is 18.3 Å². The first-order chi connectivity index (χ1) is 11.7. The van der Waals surface area contributed by atoms with Crippen molar-refractivity contribution in [3.05, 3.63) is 34.7 Å². The van der Waals surface area contributed by atoms with Crippen LogP contribution in [-0.4, -0.2) is 59.6 Å². The Kier molecular flexibility index (Phi) is 5.71. The Balaban J connectivity index is 1.61. The molecule has 1 saturated heterocycles. The Morgan fingerprint density at radius 1 is 1.38 bits per heavy atom. The average Bonchev–Trinajstić information content (AvgIpc) is 2.97. The summed E-state index contributed by atoms with van der Waals surface area (Å²) < 4.78 is 7.11. The molecule has 1 aliphatic heterocycles. The highest BCUT2D eigenvalue weighted by atomic mass is 35.5. The second-order valence-electron chi connectivity index (χ2n) is 5.90. The highest BCUT2D eigenvalue weighted by Crippen LogP contribution is 2.17. The smallest absolute Gasteiger partial charge is 0.270 e. The second kappa shape index (κ2) is 7.96. The number of nitrogens with one attached hydrogen (secondary N) is 1. The van der Waals surface area contributed by atoms with Crippen molar-refractivity contribution in [2.24, 2.45) is 0 Å². The van der Waals surface area contributed by atoms with E-state index in [1.54, 1.807) is 16.7 Å². The fraction of sp³-hybridized carbons (Fsp3) is 0.529. The molecule has 0 aromatic carbocycles. The van der Waals surface area contributed by atoms with Crippen LogP contribution in [0.1, 0.15) is 29.5 Å². The van der Waals surface area contributed by atoms with Crippen LogP contribution in [0.3, 0.4) is 0 Å². The minimum atomic E-state index is -0.0939. The van der Waals surface area contributed by atoms with Gasteiger partial charge in [0.15, 0.2) is 0 Å². The third-order valence-electron chi connectivity index (χ3n) is 4.24. The summed E-state index contributed by atoms with van der Waals surface area (Å²) in [4.78, 5) is 19.5. The number of amides is 1. The van der Waals surface area contributed by atoms with E-state index in [4.69, 9.17) is 16.3 Å². The first-order valence-corrected chi connectivity index (χ1v) is 8.81. The van der Waals surface area contributed by atoms with Crippen molar-refractivity contribution < 1.29 is 9.53 Å². The van der Waals surface area contributed by atoms with Crippen LogP contribution in [-0.2, 0) is 11.2 Å². The molecule has 7 heteroatoms. The molecule has 0 aliphatic carbocycles. The van der Waals surface area contributed by atoms with E-state index in [1.165, 1.54) is 0 Å². The molecular weight excluding hydrogens is 328 g/mol. The second-order valence-corrected chi connectivity index (χ2v) is 6.34. The summed E-state index contributed by atoms with van der Waals surface area (Å²) in [6, 6.07) is 3.62. The van der Waals surface area contributed by atoms with Crippen molar-refractivity contribution >= 4 is 23.2 Å². The van der Waals surface area contributed by atoms with Gasteiger partial charge in [0.1, 0.15) is 11.3 Å². The maximum Gasteiger partial charge on any atom is 0.270 e. The SMILES string of the molecule is CCc1nc2ccc(Cl)cn2c1C(=O)NCCCN1CCOCC1. The van der Waals surface area contributed by atoms with Gasteiger partial charge in [-0.2, -0.15) is 0 Å². The van der Waals surface area contributed by atoms with Crippen LogP contribution in [0.2, 0.25) is 5.02 Å². The fourth-order valence-electron chi connectivity index (χ4n) is 2.97. The third-order valence-corrected chi connectivity index (χ3v) is 4.47. The molecule has 1 fully saturated rings. The normalized spacial score (nSPS) is 15.8. The van der Waals surface area contributed by atoms with Crippen LogP contribution in [0.4, 0.5) is 0 Å². The van der Waals surface area contributed by atoms with Crippen molar-refractivity contribution in [1.82, 2.24) is 19.6 Å². The third kappa shape index (κ3) is 3.88. The number of fused-ring (bicyclic) bond motifs is 1. The molecular formula is C17H23ClN4O2. The number of imidazole rings is 1. The predicted molar refractivity (Wildman–Crippen MR) is 93.8 cm³/mol. The van der Waals surface area contributed by atoms with E-state index in [9.17, 15) is 4.79 Å². The molecule has 2 aromatic heterocycles. The minimum absolute atomic E-state index is 0.0939. The standard InChI is InChI=1S/C17H23ClN4O2/c1-2-14-16(22-12-13(18)4-5-15(22)20-14)17(23)19-6-3-7-21-8-10-24-11-9-21/h4-5,12H,2-3,6-11H2,1H3,(H,19,23). The Bertz CT molecular complexity index is 710. The molecule has 0 radical (unpaired) electrons. The van der Waals surface area contributed by atoms with E-state index < -0.39 is 0 Å². The number of aromatic nitrogens is 2. The molecule has 3 rings (SSSR count). The van der Waals surface area contributed by atoms with Gasteiger partial charge in [-0.1, -0.05) is 18.5 Å². The number of hydrogen-bond acceptors (Lipinski definition) is 4. The highest BCUT2D eigenvalue weighted by molar-refractivity contribution is 6.30. The zero-order valence-corrected chi connectivity index (χ0v) is 14.7. The predicted octanol–water partition coefficient (Wildman–Crippen LogP) is 2.00. The Morgan fingerprint density at radius 2 is 2.17 bits per heavy atom. The van der Waals surface area contributed by atoms with Gasteiger partial charge in [0.05, 0.1) is 23.9 Å². The number of pyridine rings is 1. The van der Waals surface area contributed by atoms with Crippen LogP contribution in [0, 0.1) is 0 Å². The number of ether oxygens (including phenoxy) is 1. The van der Waals surface area contributed by atoms with E-state index in [0.29, 0.717) is 23.7 Å². The molecule has 0 bridgehead atoms. The van der Waals surface area contributed by atoms with E-state index >= 15 is 0 Å². The molecule has 130 valence electrons. The molecule has 1 N–H and O–H groups in total. The summed E-state index contributed by atoms with van der Waals surface area (Å²) in [6.45, 7) is 7.16. The lowest BCUT2D eigenvalue weighted by atomic mass is 10.2. The Morgan fingerprint density at radius 3 is 2.92 bits per heavy atom. The first-order valence-electron chi connectivity index (χ1n) is 8.44. The topological polar surface area (TPSA) is 58.9 Å². The number of halogens is 1. The number of carbonyl (C=O) groups is 1. The first kappa shape index (κ1) is 17.2. The zero-order valence-electron chi connectivity index (χ0n) is 13.9. The van der Waals surface area contributed by atoms with Gasteiger partial charge < -0.3 is 10.1 Å². The van der Waals surface area contributed by atoms with Gasteiger partial charge in [-0.05, 0) is 31.5 Å². The highest BCUT2D eigenvalue weighted by Gasteiger charge is 2.18. The lowest BCUT2D eigenvalue weighted by Crippen LogP contribution is -2.38. The lowest BCUT2D eigenvalue weighted by Gasteiger charge is -2.26.